The van der Waals surface area contributed by atoms with Crippen LogP contribution in [-0.4, -0.2) is 5.54 Å². The average Bonchev–Trinajstić information content (AvgIpc) is 2.21. The number of benzene rings is 1. The second-order valence-corrected chi connectivity index (χ2v) is 4.35. The molecule has 0 saturated heterocycles. The number of anilines is 1. The molecule has 14 heavy (non-hydrogen) atoms. The topological polar surface area (TPSA) is 35.8 Å². The highest BCUT2D eigenvalue weighted by molar-refractivity contribution is 9.10. The fourth-order valence-corrected chi connectivity index (χ4v) is 1.31. The summed E-state index contributed by atoms with van der Waals surface area (Å²) in [5.74, 6) is 0. The van der Waals surface area contributed by atoms with Crippen LogP contribution in [0.4, 0.5) is 5.69 Å². The maximum atomic E-state index is 8.98. The van der Waals surface area contributed by atoms with E-state index >= 15 is 0 Å². The molecule has 0 aliphatic carbocycles. The molecule has 2 nitrogen and oxygen atoms in total. The van der Waals surface area contributed by atoms with Gasteiger partial charge in [-0.1, -0.05) is 22.9 Å². The van der Waals surface area contributed by atoms with Crippen LogP contribution in [0.5, 0.6) is 0 Å². The summed E-state index contributed by atoms with van der Waals surface area (Å²) >= 11 is 3.37. The molecule has 0 aliphatic rings. The molecule has 74 valence electrons. The van der Waals surface area contributed by atoms with Gasteiger partial charge in [-0.3, -0.25) is 0 Å². The van der Waals surface area contributed by atoms with E-state index in [1.165, 1.54) is 0 Å². The van der Waals surface area contributed by atoms with Crippen LogP contribution >= 0.6 is 15.9 Å². The first-order valence-electron chi connectivity index (χ1n) is 4.54. The van der Waals surface area contributed by atoms with Crippen LogP contribution in [0, 0.1) is 11.3 Å². The van der Waals surface area contributed by atoms with Crippen molar-refractivity contribution in [3.05, 3.63) is 28.7 Å². The zero-order chi connectivity index (χ0) is 10.6. The predicted molar refractivity (Wildman–Crippen MR) is 62.1 cm³/mol. The van der Waals surface area contributed by atoms with Gasteiger partial charge in [-0.15, -0.1) is 0 Å². The van der Waals surface area contributed by atoms with E-state index in [1.807, 2.05) is 38.1 Å². The Morgan fingerprint density at radius 3 is 2.43 bits per heavy atom. The Kier molecular flexibility index (Phi) is 3.54. The molecule has 1 aromatic rings. The Balaban J connectivity index is 2.79. The quantitative estimate of drug-likeness (QED) is 0.894. The molecule has 0 aromatic heterocycles. The molecule has 0 heterocycles. The first kappa shape index (κ1) is 11.1. The molecule has 1 N–H and O–H groups in total. The Bertz CT molecular complexity index is 339. The summed E-state index contributed by atoms with van der Waals surface area (Å²) in [5.41, 5.74) is 0.493. The normalized spacial score (nSPS) is 14.1. The standard InChI is InChI=1S/C11H13BrN2/c1-3-11(2,8-13)14-10-6-4-9(12)5-7-10/h4-7,14H,3H2,1-2H3. The third-order valence-corrected chi connectivity index (χ3v) is 2.75. The van der Waals surface area contributed by atoms with Gasteiger partial charge >= 0.3 is 0 Å². The highest BCUT2D eigenvalue weighted by atomic mass is 79.9. The molecule has 1 rings (SSSR count). The average molecular weight is 253 g/mol. The zero-order valence-corrected chi connectivity index (χ0v) is 9.93. The second kappa shape index (κ2) is 4.47. The monoisotopic (exact) mass is 252 g/mol. The minimum atomic E-state index is -0.478. The largest absolute Gasteiger partial charge is 0.368 e. The van der Waals surface area contributed by atoms with Crippen LogP contribution in [0.2, 0.25) is 0 Å². The molecular weight excluding hydrogens is 240 g/mol. The smallest absolute Gasteiger partial charge is 0.122 e. The van der Waals surface area contributed by atoms with Crippen LogP contribution in [0.1, 0.15) is 20.3 Å². The maximum Gasteiger partial charge on any atom is 0.122 e. The van der Waals surface area contributed by atoms with Gasteiger partial charge in [0.15, 0.2) is 0 Å². The first-order chi connectivity index (χ1) is 6.59. The Labute approximate surface area is 93.1 Å². The minimum Gasteiger partial charge on any atom is -0.368 e. The molecular formula is C11H13BrN2. The molecule has 0 amide bonds. The number of hydrogen-bond donors (Lipinski definition) is 1. The van der Waals surface area contributed by atoms with Crippen molar-refractivity contribution in [2.24, 2.45) is 0 Å². The molecule has 3 heteroatoms. The highest BCUT2D eigenvalue weighted by Crippen LogP contribution is 2.19. The zero-order valence-electron chi connectivity index (χ0n) is 8.34. The summed E-state index contributed by atoms with van der Waals surface area (Å²) in [4.78, 5) is 0. The van der Waals surface area contributed by atoms with Gasteiger partial charge in [-0.05, 0) is 37.6 Å². The van der Waals surface area contributed by atoms with Crippen molar-refractivity contribution < 1.29 is 0 Å². The van der Waals surface area contributed by atoms with Gasteiger partial charge in [0.1, 0.15) is 5.54 Å². The molecule has 0 bridgehead atoms. The summed E-state index contributed by atoms with van der Waals surface area (Å²) in [5, 5.41) is 12.2. The van der Waals surface area contributed by atoms with E-state index in [-0.39, 0.29) is 0 Å². The molecule has 0 spiro atoms. The lowest BCUT2D eigenvalue weighted by molar-refractivity contribution is 0.626. The third-order valence-electron chi connectivity index (χ3n) is 2.22. The van der Waals surface area contributed by atoms with Gasteiger partial charge < -0.3 is 5.32 Å². The van der Waals surface area contributed by atoms with E-state index in [2.05, 4.69) is 27.3 Å². The van der Waals surface area contributed by atoms with Crippen molar-refractivity contribution >= 4 is 21.6 Å². The van der Waals surface area contributed by atoms with Crippen LogP contribution < -0.4 is 5.32 Å². The number of nitrogens with zero attached hydrogens (tertiary/aromatic N) is 1. The van der Waals surface area contributed by atoms with E-state index in [0.717, 1.165) is 16.6 Å². The molecule has 1 unspecified atom stereocenters. The Morgan fingerprint density at radius 2 is 2.00 bits per heavy atom. The van der Waals surface area contributed by atoms with Crippen molar-refractivity contribution in [2.75, 3.05) is 5.32 Å². The molecule has 0 radical (unpaired) electrons. The summed E-state index contributed by atoms with van der Waals surface area (Å²) < 4.78 is 1.04. The third kappa shape index (κ3) is 2.74. The van der Waals surface area contributed by atoms with Gasteiger partial charge in [-0.2, -0.15) is 5.26 Å². The molecule has 0 saturated carbocycles. The maximum absolute atomic E-state index is 8.98. The van der Waals surface area contributed by atoms with Crippen molar-refractivity contribution in [1.82, 2.24) is 0 Å². The summed E-state index contributed by atoms with van der Waals surface area (Å²) in [6.07, 6.45) is 0.777. The minimum absolute atomic E-state index is 0.478. The van der Waals surface area contributed by atoms with E-state index in [4.69, 9.17) is 5.26 Å². The number of halogens is 1. The first-order valence-corrected chi connectivity index (χ1v) is 5.34. The molecule has 0 aliphatic heterocycles. The fourth-order valence-electron chi connectivity index (χ4n) is 1.05. The lowest BCUT2D eigenvalue weighted by Gasteiger charge is -2.22. The highest BCUT2D eigenvalue weighted by Gasteiger charge is 2.20. The van der Waals surface area contributed by atoms with Gasteiger partial charge in [0, 0.05) is 10.2 Å². The molecule has 1 atom stereocenters. The predicted octanol–water partition coefficient (Wildman–Crippen LogP) is 3.55. The number of nitriles is 1. The van der Waals surface area contributed by atoms with E-state index < -0.39 is 5.54 Å². The van der Waals surface area contributed by atoms with Gasteiger partial charge in [0.25, 0.3) is 0 Å². The lowest BCUT2D eigenvalue weighted by atomic mass is 10.0. The Morgan fingerprint density at radius 1 is 1.43 bits per heavy atom. The van der Waals surface area contributed by atoms with Crippen molar-refractivity contribution in [1.29, 1.82) is 5.26 Å². The Hall–Kier alpha value is -1.01. The van der Waals surface area contributed by atoms with Crippen LogP contribution in [0.15, 0.2) is 28.7 Å². The van der Waals surface area contributed by atoms with Gasteiger partial charge in [-0.25, -0.2) is 0 Å². The van der Waals surface area contributed by atoms with Crippen LogP contribution in [-0.2, 0) is 0 Å². The van der Waals surface area contributed by atoms with Crippen molar-refractivity contribution in [2.45, 2.75) is 25.8 Å². The van der Waals surface area contributed by atoms with Gasteiger partial charge in [0.05, 0.1) is 6.07 Å². The summed E-state index contributed by atoms with van der Waals surface area (Å²) in [6.45, 7) is 3.89. The number of hydrogen-bond acceptors (Lipinski definition) is 2. The van der Waals surface area contributed by atoms with E-state index in [9.17, 15) is 0 Å². The second-order valence-electron chi connectivity index (χ2n) is 3.43. The molecule has 1 aromatic carbocycles. The fraction of sp³-hybridized carbons (Fsp3) is 0.364. The van der Waals surface area contributed by atoms with Crippen LogP contribution in [0.25, 0.3) is 0 Å². The molecule has 0 fully saturated rings. The number of rotatable bonds is 3. The van der Waals surface area contributed by atoms with Crippen molar-refractivity contribution in [3.63, 3.8) is 0 Å². The van der Waals surface area contributed by atoms with Crippen molar-refractivity contribution in [3.8, 4) is 6.07 Å². The van der Waals surface area contributed by atoms with E-state index in [1.54, 1.807) is 0 Å². The summed E-state index contributed by atoms with van der Waals surface area (Å²) in [6, 6.07) is 10.1. The summed E-state index contributed by atoms with van der Waals surface area (Å²) in [7, 11) is 0. The van der Waals surface area contributed by atoms with Gasteiger partial charge in [0.2, 0.25) is 0 Å². The lowest BCUT2D eigenvalue weighted by Crippen LogP contribution is -2.31. The van der Waals surface area contributed by atoms with E-state index in [0.29, 0.717) is 0 Å². The van der Waals surface area contributed by atoms with Crippen LogP contribution in [0.3, 0.4) is 0 Å². The SMILES string of the molecule is CCC(C)(C#N)Nc1ccc(Br)cc1. The number of nitrogens with one attached hydrogen (secondary N) is 1.